The van der Waals surface area contributed by atoms with Crippen LogP contribution in [0, 0.1) is 0 Å². The predicted molar refractivity (Wildman–Crippen MR) is 75.8 cm³/mol. The van der Waals surface area contributed by atoms with Gasteiger partial charge >= 0.3 is 0 Å². The number of hydrogen-bond donors (Lipinski definition) is 1. The molecule has 1 aliphatic carbocycles. The highest BCUT2D eigenvalue weighted by atomic mass is 15.1. The Hall–Kier alpha value is -0.830. The summed E-state index contributed by atoms with van der Waals surface area (Å²) >= 11 is 0. The zero-order valence-corrected chi connectivity index (χ0v) is 12.1. The van der Waals surface area contributed by atoms with Gasteiger partial charge in [-0.15, -0.1) is 0 Å². The summed E-state index contributed by atoms with van der Waals surface area (Å²) in [4.78, 5) is 4.64. The minimum absolute atomic E-state index is 0.268. The van der Waals surface area contributed by atoms with E-state index in [1.54, 1.807) is 0 Å². The molecule has 18 heavy (non-hydrogen) atoms. The molecule has 0 radical (unpaired) electrons. The number of hydrogen-bond acceptors (Lipinski definition) is 2. The van der Waals surface area contributed by atoms with Crippen LogP contribution in [0.3, 0.4) is 0 Å². The molecule has 102 valence electrons. The van der Waals surface area contributed by atoms with E-state index in [2.05, 4.69) is 41.8 Å². The van der Waals surface area contributed by atoms with Crippen LogP contribution in [0.15, 0.2) is 12.4 Å². The van der Waals surface area contributed by atoms with Crippen molar-refractivity contribution in [2.45, 2.75) is 70.9 Å². The van der Waals surface area contributed by atoms with E-state index in [-0.39, 0.29) is 5.41 Å². The number of aromatic nitrogens is 2. The number of nitrogens with zero attached hydrogens (tertiary/aromatic N) is 2. The summed E-state index contributed by atoms with van der Waals surface area (Å²) in [6.45, 7) is 9.08. The molecule has 1 aromatic rings. The fraction of sp³-hybridized carbons (Fsp3) is 0.800. The highest BCUT2D eigenvalue weighted by molar-refractivity contribution is 5.13. The molecule has 1 saturated carbocycles. The van der Waals surface area contributed by atoms with Gasteiger partial charge in [0.1, 0.15) is 5.82 Å². The molecule has 2 unspecified atom stereocenters. The Morgan fingerprint density at radius 3 is 3.00 bits per heavy atom. The molecule has 1 aromatic heterocycles. The molecule has 0 aliphatic heterocycles. The molecule has 0 amide bonds. The lowest BCUT2D eigenvalue weighted by Gasteiger charge is -2.25. The van der Waals surface area contributed by atoms with Gasteiger partial charge in [-0.2, -0.15) is 0 Å². The number of aryl methyl sites for hydroxylation is 1. The quantitative estimate of drug-likeness (QED) is 0.839. The van der Waals surface area contributed by atoms with E-state index in [1.807, 2.05) is 6.20 Å². The normalized spacial score (nSPS) is 27.8. The highest BCUT2D eigenvalue weighted by Crippen LogP contribution is 2.40. The Morgan fingerprint density at radius 1 is 1.44 bits per heavy atom. The summed E-state index contributed by atoms with van der Waals surface area (Å²) in [5.41, 5.74) is 0.268. The topological polar surface area (TPSA) is 29.9 Å². The van der Waals surface area contributed by atoms with Crippen molar-refractivity contribution in [1.29, 1.82) is 0 Å². The molecular weight excluding hydrogens is 222 g/mol. The molecule has 0 bridgehead atoms. The smallest absolute Gasteiger partial charge is 0.114 e. The largest absolute Gasteiger partial charge is 0.334 e. The minimum Gasteiger partial charge on any atom is -0.334 e. The third kappa shape index (κ3) is 2.77. The fourth-order valence-electron chi connectivity index (χ4n) is 3.22. The van der Waals surface area contributed by atoms with Crippen LogP contribution >= 0.6 is 0 Å². The van der Waals surface area contributed by atoms with Gasteiger partial charge in [0.05, 0.1) is 0 Å². The summed E-state index contributed by atoms with van der Waals surface area (Å²) in [6, 6.07) is 0.682. The zero-order chi connectivity index (χ0) is 13.0. The molecule has 0 saturated heterocycles. The molecule has 2 atom stereocenters. The van der Waals surface area contributed by atoms with Gasteiger partial charge in [-0.25, -0.2) is 4.98 Å². The van der Waals surface area contributed by atoms with Crippen molar-refractivity contribution in [2.75, 3.05) is 6.54 Å². The van der Waals surface area contributed by atoms with Gasteiger partial charge in [-0.1, -0.05) is 20.8 Å². The second-order valence-electron chi connectivity index (χ2n) is 5.90. The Balaban J connectivity index is 2.05. The number of rotatable bonds is 6. The maximum atomic E-state index is 4.64. The van der Waals surface area contributed by atoms with Crippen LogP contribution in [0.5, 0.6) is 0 Å². The Labute approximate surface area is 111 Å². The van der Waals surface area contributed by atoms with Crippen LogP contribution < -0.4 is 5.32 Å². The second kappa shape index (κ2) is 5.87. The Morgan fingerprint density at radius 2 is 2.28 bits per heavy atom. The monoisotopic (exact) mass is 249 g/mol. The molecule has 0 aromatic carbocycles. The van der Waals surface area contributed by atoms with E-state index in [9.17, 15) is 0 Å². The molecule has 3 nitrogen and oxygen atoms in total. The maximum absolute atomic E-state index is 4.64. The van der Waals surface area contributed by atoms with Crippen molar-refractivity contribution < 1.29 is 0 Å². The van der Waals surface area contributed by atoms with Gasteiger partial charge < -0.3 is 9.88 Å². The summed E-state index contributed by atoms with van der Waals surface area (Å²) in [5, 5.41) is 3.66. The SMILES string of the molecule is CCCNC1CCC(C)(c2nccn2CCC)C1. The van der Waals surface area contributed by atoms with E-state index >= 15 is 0 Å². The maximum Gasteiger partial charge on any atom is 0.114 e. The van der Waals surface area contributed by atoms with E-state index in [0.29, 0.717) is 6.04 Å². The van der Waals surface area contributed by atoms with Crippen LogP contribution in [0.1, 0.15) is 58.7 Å². The lowest BCUT2D eigenvalue weighted by Crippen LogP contribution is -2.30. The molecule has 1 fully saturated rings. The summed E-state index contributed by atoms with van der Waals surface area (Å²) < 4.78 is 2.35. The van der Waals surface area contributed by atoms with Crippen LogP contribution in [-0.2, 0) is 12.0 Å². The van der Waals surface area contributed by atoms with Gasteiger partial charge in [-0.05, 0) is 38.6 Å². The molecule has 1 heterocycles. The van der Waals surface area contributed by atoms with Gasteiger partial charge in [0, 0.05) is 30.4 Å². The van der Waals surface area contributed by atoms with Crippen molar-refractivity contribution in [3.63, 3.8) is 0 Å². The Bertz CT molecular complexity index is 372. The van der Waals surface area contributed by atoms with Gasteiger partial charge in [0.25, 0.3) is 0 Å². The number of nitrogens with one attached hydrogen (secondary N) is 1. The van der Waals surface area contributed by atoms with Crippen molar-refractivity contribution in [1.82, 2.24) is 14.9 Å². The lowest BCUT2D eigenvalue weighted by atomic mass is 9.87. The predicted octanol–water partition coefficient (Wildman–Crippen LogP) is 3.10. The average Bonchev–Trinajstić information content (AvgIpc) is 2.95. The number of imidazole rings is 1. The fourth-order valence-corrected chi connectivity index (χ4v) is 3.22. The summed E-state index contributed by atoms with van der Waals surface area (Å²) in [5.74, 6) is 1.30. The minimum atomic E-state index is 0.268. The molecule has 2 rings (SSSR count). The van der Waals surface area contributed by atoms with Crippen molar-refractivity contribution in [2.24, 2.45) is 0 Å². The van der Waals surface area contributed by atoms with Crippen LogP contribution in [0.4, 0.5) is 0 Å². The van der Waals surface area contributed by atoms with Gasteiger partial charge in [0.2, 0.25) is 0 Å². The van der Waals surface area contributed by atoms with E-state index in [1.165, 1.54) is 37.9 Å². The molecule has 3 heteroatoms. The van der Waals surface area contributed by atoms with Crippen LogP contribution in [0.25, 0.3) is 0 Å². The van der Waals surface area contributed by atoms with Crippen LogP contribution in [-0.4, -0.2) is 22.1 Å². The second-order valence-corrected chi connectivity index (χ2v) is 5.90. The third-order valence-corrected chi connectivity index (χ3v) is 4.14. The first kappa shape index (κ1) is 13.6. The van der Waals surface area contributed by atoms with Gasteiger partial charge in [-0.3, -0.25) is 0 Å². The Kier molecular flexibility index (Phi) is 4.44. The highest BCUT2D eigenvalue weighted by Gasteiger charge is 2.39. The molecule has 1 aliphatic rings. The van der Waals surface area contributed by atoms with Crippen molar-refractivity contribution in [3.05, 3.63) is 18.2 Å². The zero-order valence-electron chi connectivity index (χ0n) is 12.1. The molecule has 1 N–H and O–H groups in total. The summed E-state index contributed by atoms with van der Waals surface area (Å²) in [6.07, 6.45) is 10.3. The molecule has 0 spiro atoms. The van der Waals surface area contributed by atoms with E-state index in [0.717, 1.165) is 13.1 Å². The lowest BCUT2D eigenvalue weighted by molar-refractivity contribution is 0.409. The summed E-state index contributed by atoms with van der Waals surface area (Å²) in [7, 11) is 0. The molecular formula is C15H27N3. The first-order valence-corrected chi connectivity index (χ1v) is 7.44. The standard InChI is InChI=1S/C15H27N3/c1-4-8-16-13-6-7-15(3,12-13)14-17-9-11-18(14)10-5-2/h9,11,13,16H,4-8,10,12H2,1-3H3. The van der Waals surface area contributed by atoms with E-state index < -0.39 is 0 Å². The van der Waals surface area contributed by atoms with Crippen molar-refractivity contribution >= 4 is 0 Å². The van der Waals surface area contributed by atoms with Crippen LogP contribution in [0.2, 0.25) is 0 Å². The third-order valence-electron chi connectivity index (χ3n) is 4.14. The first-order chi connectivity index (χ1) is 8.69. The first-order valence-electron chi connectivity index (χ1n) is 7.44. The average molecular weight is 249 g/mol. The van der Waals surface area contributed by atoms with E-state index in [4.69, 9.17) is 0 Å². The van der Waals surface area contributed by atoms with Crippen molar-refractivity contribution in [3.8, 4) is 0 Å². The van der Waals surface area contributed by atoms with Gasteiger partial charge in [0.15, 0.2) is 0 Å².